The van der Waals surface area contributed by atoms with E-state index < -0.39 is 59.3 Å². The van der Waals surface area contributed by atoms with E-state index in [0.717, 1.165) is 0 Å². The van der Waals surface area contributed by atoms with Gasteiger partial charge in [-0.05, 0) is 61.2 Å². The lowest BCUT2D eigenvalue weighted by Crippen LogP contribution is -2.27. The highest BCUT2D eigenvalue weighted by Crippen LogP contribution is 2.45. The van der Waals surface area contributed by atoms with Gasteiger partial charge in [-0.15, -0.1) is 0 Å². The monoisotopic (exact) mass is 478 g/mol. The Labute approximate surface area is 185 Å². The number of carbonyl (C=O) groups excluding carboxylic acids is 1. The Morgan fingerprint density at radius 1 is 0.939 bits per heavy atom. The van der Waals surface area contributed by atoms with Gasteiger partial charge in [0.05, 0.1) is 36.4 Å². The molecule has 180 valence electrons. The average molecular weight is 478 g/mol. The Bertz CT molecular complexity index is 951. The molecule has 3 rings (SSSR count). The molecule has 0 radical (unpaired) electrons. The molecular formula is C23H21F7O3. The second-order valence-electron chi connectivity index (χ2n) is 7.94. The summed E-state index contributed by atoms with van der Waals surface area (Å²) in [5, 5.41) is 0. The summed E-state index contributed by atoms with van der Waals surface area (Å²) in [5.41, 5.74) is -2.61. The van der Waals surface area contributed by atoms with Crippen molar-refractivity contribution >= 4 is 5.97 Å². The standard InChI is InChI=1S/C23H21F7O3/c1-12(14-9-15(22(25,26)27)11-16(10-14)23(28,29)30)33-19-8-7-18(21(31)32-2)20(19)13-3-5-17(24)6-4-13/h3-6,9-12,18-20H,7-8H2,1-2H3/t12-,18+,19+,20-/m1/s1. The molecule has 2 aromatic rings. The fourth-order valence-corrected chi connectivity index (χ4v) is 4.22. The Morgan fingerprint density at radius 2 is 1.48 bits per heavy atom. The van der Waals surface area contributed by atoms with Crippen LogP contribution in [0.1, 0.15) is 54.0 Å². The van der Waals surface area contributed by atoms with Gasteiger partial charge in [-0.3, -0.25) is 4.79 Å². The minimum Gasteiger partial charge on any atom is -0.469 e. The van der Waals surface area contributed by atoms with Crippen molar-refractivity contribution in [3.05, 3.63) is 70.5 Å². The van der Waals surface area contributed by atoms with Crippen LogP contribution >= 0.6 is 0 Å². The number of rotatable bonds is 5. The van der Waals surface area contributed by atoms with Crippen LogP contribution in [0.15, 0.2) is 42.5 Å². The van der Waals surface area contributed by atoms with Crippen LogP contribution in [0, 0.1) is 11.7 Å². The van der Waals surface area contributed by atoms with Crippen LogP contribution in [0.5, 0.6) is 0 Å². The minimum atomic E-state index is -4.98. The van der Waals surface area contributed by atoms with E-state index in [0.29, 0.717) is 30.5 Å². The van der Waals surface area contributed by atoms with Crippen LogP contribution in [0.25, 0.3) is 0 Å². The van der Waals surface area contributed by atoms with Gasteiger partial charge in [0.2, 0.25) is 0 Å². The largest absolute Gasteiger partial charge is 0.469 e. The normalized spacial score (nSPS) is 22.3. The minimum absolute atomic E-state index is 0.0559. The van der Waals surface area contributed by atoms with Gasteiger partial charge in [0, 0.05) is 5.92 Å². The van der Waals surface area contributed by atoms with Gasteiger partial charge in [0.15, 0.2) is 0 Å². The molecule has 2 aromatic carbocycles. The predicted molar refractivity (Wildman–Crippen MR) is 104 cm³/mol. The molecule has 0 aliphatic heterocycles. The van der Waals surface area contributed by atoms with E-state index in [1.54, 1.807) is 0 Å². The molecule has 1 aliphatic rings. The van der Waals surface area contributed by atoms with Crippen LogP contribution in [-0.2, 0) is 26.6 Å². The van der Waals surface area contributed by atoms with E-state index in [2.05, 4.69) is 0 Å². The van der Waals surface area contributed by atoms with Gasteiger partial charge in [0.1, 0.15) is 5.82 Å². The number of halogens is 7. The molecule has 0 bridgehead atoms. The smallest absolute Gasteiger partial charge is 0.416 e. The molecule has 1 fully saturated rings. The fraction of sp³-hybridized carbons (Fsp3) is 0.435. The lowest BCUT2D eigenvalue weighted by atomic mass is 9.87. The number of hydrogen-bond donors (Lipinski definition) is 0. The molecule has 10 heteroatoms. The molecule has 0 saturated heterocycles. The lowest BCUT2D eigenvalue weighted by Gasteiger charge is -2.28. The maximum absolute atomic E-state index is 13.4. The molecule has 0 spiro atoms. The van der Waals surface area contributed by atoms with Gasteiger partial charge in [-0.2, -0.15) is 26.3 Å². The van der Waals surface area contributed by atoms with Crippen LogP contribution in [-0.4, -0.2) is 19.2 Å². The van der Waals surface area contributed by atoms with E-state index in [1.165, 1.54) is 38.3 Å². The first-order valence-corrected chi connectivity index (χ1v) is 10.1. The van der Waals surface area contributed by atoms with E-state index in [-0.39, 0.29) is 11.6 Å². The molecule has 0 heterocycles. The molecule has 1 saturated carbocycles. The van der Waals surface area contributed by atoms with E-state index in [1.807, 2.05) is 0 Å². The molecule has 0 amide bonds. The Balaban J connectivity index is 1.94. The second-order valence-corrected chi connectivity index (χ2v) is 7.94. The van der Waals surface area contributed by atoms with Crippen molar-refractivity contribution in [2.45, 2.75) is 50.2 Å². The van der Waals surface area contributed by atoms with Crippen molar-refractivity contribution in [1.82, 2.24) is 0 Å². The zero-order chi connectivity index (χ0) is 24.6. The Morgan fingerprint density at radius 3 is 1.97 bits per heavy atom. The predicted octanol–water partition coefficient (Wildman–Crippen LogP) is 6.68. The summed E-state index contributed by atoms with van der Waals surface area (Å²) in [4.78, 5) is 12.3. The summed E-state index contributed by atoms with van der Waals surface area (Å²) in [7, 11) is 1.21. The maximum Gasteiger partial charge on any atom is 0.416 e. The molecule has 0 aromatic heterocycles. The first-order valence-electron chi connectivity index (χ1n) is 10.1. The van der Waals surface area contributed by atoms with E-state index in [9.17, 15) is 35.5 Å². The number of benzene rings is 2. The molecule has 3 nitrogen and oxygen atoms in total. The molecule has 4 atom stereocenters. The zero-order valence-electron chi connectivity index (χ0n) is 17.6. The zero-order valence-corrected chi connectivity index (χ0v) is 17.6. The number of methoxy groups -OCH3 is 1. The molecule has 0 unspecified atom stereocenters. The van der Waals surface area contributed by atoms with Gasteiger partial charge in [-0.1, -0.05) is 12.1 Å². The van der Waals surface area contributed by atoms with Crippen molar-refractivity contribution in [2.75, 3.05) is 7.11 Å². The Kier molecular flexibility index (Phi) is 7.07. The van der Waals surface area contributed by atoms with Gasteiger partial charge in [0.25, 0.3) is 0 Å². The van der Waals surface area contributed by atoms with Crippen molar-refractivity contribution < 1.29 is 45.0 Å². The fourth-order valence-electron chi connectivity index (χ4n) is 4.22. The van der Waals surface area contributed by atoms with Gasteiger partial charge >= 0.3 is 18.3 Å². The maximum atomic E-state index is 13.4. The van der Waals surface area contributed by atoms with Crippen molar-refractivity contribution in [3.63, 3.8) is 0 Å². The highest BCUT2D eigenvalue weighted by atomic mass is 19.4. The van der Waals surface area contributed by atoms with Crippen LogP contribution < -0.4 is 0 Å². The highest BCUT2D eigenvalue weighted by Gasteiger charge is 2.44. The van der Waals surface area contributed by atoms with Crippen LogP contribution in [0.4, 0.5) is 30.7 Å². The third-order valence-corrected chi connectivity index (χ3v) is 5.81. The topological polar surface area (TPSA) is 35.5 Å². The molecular weight excluding hydrogens is 457 g/mol. The second kappa shape index (κ2) is 9.32. The third kappa shape index (κ3) is 5.66. The van der Waals surface area contributed by atoms with E-state index in [4.69, 9.17) is 9.47 Å². The quantitative estimate of drug-likeness (QED) is 0.356. The lowest BCUT2D eigenvalue weighted by molar-refractivity contribution is -0.147. The molecule has 33 heavy (non-hydrogen) atoms. The van der Waals surface area contributed by atoms with Crippen molar-refractivity contribution in [2.24, 2.45) is 5.92 Å². The van der Waals surface area contributed by atoms with E-state index >= 15 is 0 Å². The molecule has 1 aliphatic carbocycles. The number of hydrogen-bond acceptors (Lipinski definition) is 3. The Hall–Kier alpha value is -2.62. The average Bonchev–Trinajstić information content (AvgIpc) is 3.15. The summed E-state index contributed by atoms with van der Waals surface area (Å²) in [5.74, 6) is -2.28. The number of ether oxygens (including phenoxy) is 2. The summed E-state index contributed by atoms with van der Waals surface area (Å²) < 4.78 is 103. The molecule has 0 N–H and O–H groups in total. The summed E-state index contributed by atoms with van der Waals surface area (Å²) in [6, 6.07) is 6.64. The summed E-state index contributed by atoms with van der Waals surface area (Å²) in [6.07, 6.45) is -11.2. The first kappa shape index (κ1) is 25.0. The summed E-state index contributed by atoms with van der Waals surface area (Å²) >= 11 is 0. The number of carbonyl (C=O) groups is 1. The van der Waals surface area contributed by atoms with Crippen molar-refractivity contribution in [1.29, 1.82) is 0 Å². The number of alkyl halides is 6. The van der Waals surface area contributed by atoms with Crippen molar-refractivity contribution in [3.8, 4) is 0 Å². The first-order chi connectivity index (χ1) is 15.3. The summed E-state index contributed by atoms with van der Waals surface area (Å²) in [6.45, 7) is 1.35. The third-order valence-electron chi connectivity index (χ3n) is 5.81. The van der Waals surface area contributed by atoms with Gasteiger partial charge in [-0.25, -0.2) is 4.39 Å². The van der Waals surface area contributed by atoms with Gasteiger partial charge < -0.3 is 9.47 Å². The highest BCUT2D eigenvalue weighted by molar-refractivity contribution is 5.74. The van der Waals surface area contributed by atoms with Crippen LogP contribution in [0.2, 0.25) is 0 Å². The van der Waals surface area contributed by atoms with Crippen LogP contribution in [0.3, 0.4) is 0 Å². The number of esters is 1. The SMILES string of the molecule is COC(=O)[C@H]1CC[C@H](O[C@H](C)c2cc(C(F)(F)F)cc(C(F)(F)F)c2)[C@@H]1c1ccc(F)cc1.